The normalized spacial score (nSPS) is 12.5. The maximum atomic E-state index is 12.8. The molecule has 0 saturated heterocycles. The highest BCUT2D eigenvalue weighted by Crippen LogP contribution is 2.25. The molecular weight excluding hydrogens is 392 g/mol. The van der Waals surface area contributed by atoms with Gasteiger partial charge >= 0.3 is 0 Å². The Labute approximate surface area is 172 Å². The van der Waals surface area contributed by atoms with E-state index >= 15 is 0 Å². The molecule has 1 amide bonds. The minimum absolute atomic E-state index is 0.117. The fraction of sp³-hybridized carbons (Fsp3) is 0.381. The summed E-state index contributed by atoms with van der Waals surface area (Å²) < 4.78 is 37.5. The third kappa shape index (κ3) is 5.48. The number of rotatable bonds is 9. The zero-order valence-electron chi connectivity index (χ0n) is 17.4. The summed E-state index contributed by atoms with van der Waals surface area (Å²) in [6.45, 7) is 5.67. The van der Waals surface area contributed by atoms with Crippen molar-refractivity contribution in [1.82, 2.24) is 9.62 Å². The molecule has 158 valence electrons. The molecule has 2 aromatic rings. The molecule has 0 aliphatic heterocycles. The first-order valence-electron chi connectivity index (χ1n) is 9.32. The lowest BCUT2D eigenvalue weighted by Gasteiger charge is -2.21. The molecule has 29 heavy (non-hydrogen) atoms. The van der Waals surface area contributed by atoms with Crippen molar-refractivity contribution in [2.24, 2.45) is 0 Å². The van der Waals surface area contributed by atoms with Gasteiger partial charge < -0.3 is 14.8 Å². The second-order valence-corrected chi connectivity index (χ2v) is 8.70. The summed E-state index contributed by atoms with van der Waals surface area (Å²) in [6, 6.07) is 11.7. The van der Waals surface area contributed by atoms with Crippen LogP contribution in [0.15, 0.2) is 47.4 Å². The van der Waals surface area contributed by atoms with Gasteiger partial charge in [0.25, 0.3) is 0 Å². The number of carbonyl (C=O) groups excluding carboxylic acids is 1. The van der Waals surface area contributed by atoms with E-state index < -0.39 is 15.9 Å². The lowest BCUT2D eigenvalue weighted by atomic mass is 10.1. The summed E-state index contributed by atoms with van der Waals surface area (Å²) in [5.74, 6) is 0.890. The number of likely N-dealkylation sites (N-methyl/N-ethyl adjacent to an activating group) is 1. The topological polar surface area (TPSA) is 84.9 Å². The van der Waals surface area contributed by atoms with Crippen molar-refractivity contribution in [3.05, 3.63) is 53.6 Å². The van der Waals surface area contributed by atoms with Crippen molar-refractivity contribution in [2.75, 3.05) is 27.3 Å². The van der Waals surface area contributed by atoms with Crippen LogP contribution < -0.4 is 14.8 Å². The van der Waals surface area contributed by atoms with Crippen LogP contribution in [0.2, 0.25) is 0 Å². The average Bonchev–Trinajstić information content (AvgIpc) is 2.69. The van der Waals surface area contributed by atoms with Gasteiger partial charge in [0.05, 0.1) is 31.2 Å². The first-order valence-corrected chi connectivity index (χ1v) is 10.8. The predicted molar refractivity (Wildman–Crippen MR) is 112 cm³/mol. The number of amides is 1. The minimum atomic E-state index is -3.81. The molecule has 0 aliphatic rings. The molecule has 0 heterocycles. The van der Waals surface area contributed by atoms with Gasteiger partial charge in [-0.2, -0.15) is 4.31 Å². The Kier molecular flexibility index (Phi) is 7.64. The quantitative estimate of drug-likeness (QED) is 0.674. The third-order valence-electron chi connectivity index (χ3n) is 4.50. The molecule has 7 nitrogen and oxygen atoms in total. The van der Waals surface area contributed by atoms with E-state index in [1.807, 2.05) is 38.1 Å². The Morgan fingerprint density at radius 2 is 1.86 bits per heavy atom. The number of nitrogens with one attached hydrogen (secondary N) is 1. The number of nitrogens with zero attached hydrogens (tertiary/aromatic N) is 1. The van der Waals surface area contributed by atoms with Crippen LogP contribution in [0.25, 0.3) is 0 Å². The second-order valence-electron chi connectivity index (χ2n) is 6.65. The minimum Gasteiger partial charge on any atom is -0.496 e. The summed E-state index contributed by atoms with van der Waals surface area (Å²) in [5.41, 5.74) is 1.53. The standard InChI is InChI=1S/C21H28N2O5S/c1-6-28-19-12-11-17(13-15(19)2)29(25,26)23(4)14-21(24)22-16(3)18-9-7-8-10-20(18)27-5/h7-13,16H,6,14H2,1-5H3,(H,22,24)/t16-/m1/s1. The maximum absolute atomic E-state index is 12.8. The largest absolute Gasteiger partial charge is 0.496 e. The molecule has 0 fully saturated rings. The van der Waals surface area contributed by atoms with Gasteiger partial charge in [-0.3, -0.25) is 4.79 Å². The van der Waals surface area contributed by atoms with Crippen molar-refractivity contribution in [2.45, 2.75) is 31.7 Å². The van der Waals surface area contributed by atoms with Crippen molar-refractivity contribution in [3.63, 3.8) is 0 Å². The molecule has 0 radical (unpaired) electrons. The van der Waals surface area contributed by atoms with Crippen LogP contribution in [0.3, 0.4) is 0 Å². The molecule has 1 N–H and O–H groups in total. The Hall–Kier alpha value is -2.58. The number of ether oxygens (including phenoxy) is 2. The molecule has 0 bridgehead atoms. The van der Waals surface area contributed by atoms with Crippen LogP contribution >= 0.6 is 0 Å². The molecular formula is C21H28N2O5S. The van der Waals surface area contributed by atoms with Crippen LogP contribution in [0.5, 0.6) is 11.5 Å². The van der Waals surface area contributed by atoms with E-state index in [4.69, 9.17) is 9.47 Å². The van der Waals surface area contributed by atoms with Gasteiger partial charge in [-0.1, -0.05) is 18.2 Å². The molecule has 0 unspecified atom stereocenters. The number of aryl methyl sites for hydroxylation is 1. The predicted octanol–water partition coefficient (Wildman–Crippen LogP) is 2.90. The zero-order chi connectivity index (χ0) is 21.6. The van der Waals surface area contributed by atoms with Gasteiger partial charge in [-0.25, -0.2) is 8.42 Å². The first kappa shape index (κ1) is 22.7. The van der Waals surface area contributed by atoms with E-state index in [1.165, 1.54) is 13.1 Å². The van der Waals surface area contributed by atoms with Gasteiger partial charge in [0.1, 0.15) is 11.5 Å². The highest BCUT2D eigenvalue weighted by molar-refractivity contribution is 7.89. The molecule has 8 heteroatoms. The van der Waals surface area contributed by atoms with Gasteiger partial charge in [-0.05, 0) is 50.6 Å². The van der Waals surface area contributed by atoms with Gasteiger partial charge in [-0.15, -0.1) is 0 Å². The highest BCUT2D eigenvalue weighted by Gasteiger charge is 2.24. The highest BCUT2D eigenvalue weighted by atomic mass is 32.2. The summed E-state index contributed by atoms with van der Waals surface area (Å²) in [6.07, 6.45) is 0. The summed E-state index contributed by atoms with van der Waals surface area (Å²) in [5, 5.41) is 2.82. The molecule has 0 aliphatic carbocycles. The van der Waals surface area contributed by atoms with Crippen molar-refractivity contribution >= 4 is 15.9 Å². The summed E-state index contributed by atoms with van der Waals surface area (Å²) >= 11 is 0. The molecule has 0 spiro atoms. The maximum Gasteiger partial charge on any atom is 0.243 e. The monoisotopic (exact) mass is 420 g/mol. The first-order chi connectivity index (χ1) is 13.7. The second kappa shape index (κ2) is 9.76. The van der Waals surface area contributed by atoms with Crippen LogP contribution in [0, 0.1) is 6.92 Å². The molecule has 0 aromatic heterocycles. The van der Waals surface area contributed by atoms with E-state index in [0.29, 0.717) is 18.1 Å². The zero-order valence-corrected chi connectivity index (χ0v) is 18.2. The van der Waals surface area contributed by atoms with Crippen molar-refractivity contribution in [3.8, 4) is 11.5 Å². The lowest BCUT2D eigenvalue weighted by Crippen LogP contribution is -2.39. The smallest absolute Gasteiger partial charge is 0.243 e. The van der Waals surface area contributed by atoms with E-state index in [9.17, 15) is 13.2 Å². The molecule has 2 rings (SSSR count). The number of sulfonamides is 1. The number of hydrogen-bond donors (Lipinski definition) is 1. The molecule has 0 saturated carbocycles. The van der Waals surface area contributed by atoms with Crippen molar-refractivity contribution < 1.29 is 22.7 Å². The summed E-state index contributed by atoms with van der Waals surface area (Å²) in [4.78, 5) is 12.6. The van der Waals surface area contributed by atoms with Crippen molar-refractivity contribution in [1.29, 1.82) is 0 Å². The summed E-state index contributed by atoms with van der Waals surface area (Å²) in [7, 11) is -0.864. The van der Waals surface area contributed by atoms with Crippen LogP contribution in [0.4, 0.5) is 0 Å². The fourth-order valence-corrected chi connectivity index (χ4v) is 4.17. The number of carbonyl (C=O) groups is 1. The van der Waals surface area contributed by atoms with Gasteiger partial charge in [0.2, 0.25) is 15.9 Å². The molecule has 2 aromatic carbocycles. The Morgan fingerprint density at radius 3 is 2.48 bits per heavy atom. The number of methoxy groups -OCH3 is 1. The average molecular weight is 421 g/mol. The Bertz CT molecular complexity index is 959. The van der Waals surface area contributed by atoms with Crippen LogP contribution in [-0.4, -0.2) is 45.9 Å². The SMILES string of the molecule is CCOc1ccc(S(=O)(=O)N(C)CC(=O)N[C@H](C)c2ccccc2OC)cc1C. The fourth-order valence-electron chi connectivity index (χ4n) is 2.96. The van der Waals surface area contributed by atoms with E-state index in [-0.39, 0.29) is 17.5 Å². The third-order valence-corrected chi connectivity index (χ3v) is 6.30. The Balaban J connectivity index is 2.09. The van der Waals surface area contributed by atoms with E-state index in [0.717, 1.165) is 15.4 Å². The number of para-hydroxylation sites is 1. The van der Waals surface area contributed by atoms with E-state index in [2.05, 4.69) is 5.32 Å². The number of benzene rings is 2. The van der Waals surface area contributed by atoms with Crippen LogP contribution in [-0.2, 0) is 14.8 Å². The van der Waals surface area contributed by atoms with E-state index in [1.54, 1.807) is 26.2 Å². The molecule has 1 atom stereocenters. The van der Waals surface area contributed by atoms with Crippen LogP contribution in [0.1, 0.15) is 31.0 Å². The van der Waals surface area contributed by atoms with Gasteiger partial charge in [0, 0.05) is 12.6 Å². The number of hydrogen-bond acceptors (Lipinski definition) is 5. The van der Waals surface area contributed by atoms with Gasteiger partial charge in [0.15, 0.2) is 0 Å². The Morgan fingerprint density at radius 1 is 1.17 bits per heavy atom. The lowest BCUT2D eigenvalue weighted by molar-refractivity contribution is -0.121.